The molecule has 0 aliphatic carbocycles. The van der Waals surface area contributed by atoms with Crippen LogP contribution in [-0.4, -0.2) is 5.11 Å². The van der Waals surface area contributed by atoms with Crippen LogP contribution in [0, 0.1) is 11.6 Å². The average Bonchev–Trinajstić information content (AvgIpc) is 2.86. The van der Waals surface area contributed by atoms with E-state index in [-0.39, 0.29) is 17.4 Å². The van der Waals surface area contributed by atoms with Crippen LogP contribution in [0.3, 0.4) is 0 Å². The molecule has 0 heterocycles. The molecule has 0 unspecified atom stereocenters. The Hall–Kier alpha value is -4.24. The minimum absolute atomic E-state index is 0.137. The average molecular weight is 434 g/mol. The van der Waals surface area contributed by atoms with Crippen LogP contribution < -0.4 is 0 Å². The van der Waals surface area contributed by atoms with E-state index in [0.717, 1.165) is 33.4 Å². The van der Waals surface area contributed by atoms with Crippen LogP contribution in [0.15, 0.2) is 115 Å². The van der Waals surface area contributed by atoms with Gasteiger partial charge in [-0.25, -0.2) is 8.78 Å². The van der Waals surface area contributed by atoms with E-state index in [1.807, 2.05) is 66.7 Å². The zero-order valence-corrected chi connectivity index (χ0v) is 17.7. The highest BCUT2D eigenvalue weighted by molar-refractivity contribution is 6.01. The third-order valence-electron chi connectivity index (χ3n) is 5.74. The first-order valence-corrected chi connectivity index (χ1v) is 10.6. The quantitative estimate of drug-likeness (QED) is 0.301. The molecule has 160 valence electrons. The number of hydrogen-bond donors (Lipinski definition) is 1. The SMILES string of the molecule is Oc1c(-c2ccccc2)cc(-c2ccc(F)cc2)c(-c2ccc(F)cc2)c1-c1ccccc1. The molecule has 0 fully saturated rings. The van der Waals surface area contributed by atoms with Crippen molar-refractivity contribution in [3.63, 3.8) is 0 Å². The minimum atomic E-state index is -0.339. The van der Waals surface area contributed by atoms with Gasteiger partial charge in [-0.1, -0.05) is 84.9 Å². The molecule has 0 aromatic heterocycles. The van der Waals surface area contributed by atoms with E-state index < -0.39 is 0 Å². The van der Waals surface area contributed by atoms with Crippen molar-refractivity contribution in [3.8, 4) is 50.3 Å². The number of aromatic hydroxyl groups is 1. The Balaban J connectivity index is 1.92. The topological polar surface area (TPSA) is 20.2 Å². The molecule has 5 aromatic rings. The van der Waals surface area contributed by atoms with Crippen molar-refractivity contribution in [2.45, 2.75) is 0 Å². The molecule has 5 aromatic carbocycles. The molecule has 0 bridgehead atoms. The zero-order valence-electron chi connectivity index (χ0n) is 17.7. The summed E-state index contributed by atoms with van der Waals surface area (Å²) in [6, 6.07) is 33.7. The number of phenolic OH excluding ortho intramolecular Hbond substituents is 1. The number of halogens is 2. The summed E-state index contributed by atoms with van der Waals surface area (Å²) in [5, 5.41) is 11.6. The lowest BCUT2D eigenvalue weighted by atomic mass is 9.84. The summed E-state index contributed by atoms with van der Waals surface area (Å²) >= 11 is 0. The van der Waals surface area contributed by atoms with Crippen molar-refractivity contribution >= 4 is 0 Å². The van der Waals surface area contributed by atoms with Crippen LogP contribution in [0.2, 0.25) is 0 Å². The van der Waals surface area contributed by atoms with Crippen molar-refractivity contribution in [1.29, 1.82) is 0 Å². The molecule has 1 nitrogen and oxygen atoms in total. The van der Waals surface area contributed by atoms with E-state index in [9.17, 15) is 13.9 Å². The van der Waals surface area contributed by atoms with Crippen molar-refractivity contribution < 1.29 is 13.9 Å². The van der Waals surface area contributed by atoms with E-state index in [0.29, 0.717) is 11.1 Å². The molecule has 0 amide bonds. The van der Waals surface area contributed by atoms with Gasteiger partial charge in [0.1, 0.15) is 17.4 Å². The fourth-order valence-electron chi connectivity index (χ4n) is 4.17. The number of hydrogen-bond acceptors (Lipinski definition) is 1. The predicted molar refractivity (Wildman–Crippen MR) is 130 cm³/mol. The predicted octanol–water partition coefficient (Wildman–Crippen LogP) is 8.34. The van der Waals surface area contributed by atoms with Crippen molar-refractivity contribution in [1.82, 2.24) is 0 Å². The lowest BCUT2D eigenvalue weighted by molar-refractivity contribution is 0.479. The summed E-state index contributed by atoms with van der Waals surface area (Å²) < 4.78 is 27.5. The molecule has 1 N–H and O–H groups in total. The van der Waals surface area contributed by atoms with Gasteiger partial charge in [-0.05, 0) is 58.1 Å². The molecule has 33 heavy (non-hydrogen) atoms. The number of rotatable bonds is 4. The van der Waals surface area contributed by atoms with Gasteiger partial charge < -0.3 is 5.11 Å². The zero-order chi connectivity index (χ0) is 22.8. The first-order chi connectivity index (χ1) is 16.1. The van der Waals surface area contributed by atoms with E-state index in [2.05, 4.69) is 0 Å². The highest BCUT2D eigenvalue weighted by Crippen LogP contribution is 2.49. The van der Waals surface area contributed by atoms with E-state index in [1.54, 1.807) is 24.3 Å². The van der Waals surface area contributed by atoms with Crippen molar-refractivity contribution in [2.24, 2.45) is 0 Å². The van der Waals surface area contributed by atoms with Gasteiger partial charge in [0.05, 0.1) is 0 Å². The van der Waals surface area contributed by atoms with Crippen LogP contribution in [0.25, 0.3) is 44.5 Å². The highest BCUT2D eigenvalue weighted by atomic mass is 19.1. The molecule has 0 saturated heterocycles. The van der Waals surface area contributed by atoms with E-state index in [4.69, 9.17) is 0 Å². The van der Waals surface area contributed by atoms with Gasteiger partial charge >= 0.3 is 0 Å². The van der Waals surface area contributed by atoms with Crippen LogP contribution in [-0.2, 0) is 0 Å². The fourth-order valence-corrected chi connectivity index (χ4v) is 4.17. The molecule has 0 radical (unpaired) electrons. The Kier molecular flexibility index (Phi) is 5.45. The lowest BCUT2D eigenvalue weighted by Crippen LogP contribution is -1.95. The van der Waals surface area contributed by atoms with Crippen molar-refractivity contribution in [3.05, 3.63) is 127 Å². The Bertz CT molecular complexity index is 1390. The fraction of sp³-hybridized carbons (Fsp3) is 0. The van der Waals surface area contributed by atoms with Gasteiger partial charge in [-0.15, -0.1) is 0 Å². The van der Waals surface area contributed by atoms with Crippen LogP contribution in [0.4, 0.5) is 8.78 Å². The Morgan fingerprint density at radius 3 is 1.39 bits per heavy atom. The van der Waals surface area contributed by atoms with Gasteiger partial charge in [0, 0.05) is 16.7 Å². The standard InChI is InChI=1S/C30H20F2O/c31-24-15-11-21(12-16-24)26-19-27(20-7-3-1-4-8-20)30(33)29(22-9-5-2-6-10-22)28(26)23-13-17-25(32)18-14-23/h1-19,33H. The van der Waals surface area contributed by atoms with E-state index in [1.165, 1.54) is 24.3 Å². The smallest absolute Gasteiger partial charge is 0.131 e. The molecule has 0 spiro atoms. The Labute approximate surface area is 191 Å². The second kappa shape index (κ2) is 8.71. The van der Waals surface area contributed by atoms with Crippen LogP contribution >= 0.6 is 0 Å². The molecule has 0 aliphatic rings. The Morgan fingerprint density at radius 1 is 0.424 bits per heavy atom. The summed E-state index contributed by atoms with van der Waals surface area (Å²) in [5.41, 5.74) is 6.12. The molecular formula is C30H20F2O. The van der Waals surface area contributed by atoms with Gasteiger partial charge in [0.15, 0.2) is 0 Å². The summed E-state index contributed by atoms with van der Waals surface area (Å²) in [6.45, 7) is 0. The molecule has 0 atom stereocenters. The Morgan fingerprint density at radius 2 is 0.848 bits per heavy atom. The maximum Gasteiger partial charge on any atom is 0.131 e. The monoisotopic (exact) mass is 434 g/mol. The highest BCUT2D eigenvalue weighted by Gasteiger charge is 2.22. The third-order valence-corrected chi connectivity index (χ3v) is 5.74. The second-order valence-electron chi connectivity index (χ2n) is 7.82. The summed E-state index contributed by atoms with van der Waals surface area (Å²) in [6.07, 6.45) is 0. The maximum atomic E-state index is 13.8. The van der Waals surface area contributed by atoms with Crippen LogP contribution in [0.5, 0.6) is 5.75 Å². The first-order valence-electron chi connectivity index (χ1n) is 10.6. The minimum Gasteiger partial charge on any atom is -0.507 e. The molecule has 0 saturated carbocycles. The normalized spacial score (nSPS) is 10.8. The number of phenols is 1. The third kappa shape index (κ3) is 4.01. The second-order valence-corrected chi connectivity index (χ2v) is 7.82. The summed E-state index contributed by atoms with van der Waals surface area (Å²) in [4.78, 5) is 0. The van der Waals surface area contributed by atoms with Gasteiger partial charge in [-0.2, -0.15) is 0 Å². The number of benzene rings is 5. The van der Waals surface area contributed by atoms with Gasteiger partial charge in [-0.3, -0.25) is 0 Å². The van der Waals surface area contributed by atoms with Gasteiger partial charge in [0.25, 0.3) is 0 Å². The van der Waals surface area contributed by atoms with Gasteiger partial charge in [0.2, 0.25) is 0 Å². The molecular weight excluding hydrogens is 414 g/mol. The van der Waals surface area contributed by atoms with Crippen LogP contribution in [0.1, 0.15) is 0 Å². The van der Waals surface area contributed by atoms with E-state index >= 15 is 0 Å². The lowest BCUT2D eigenvalue weighted by Gasteiger charge is -2.21. The first kappa shape index (κ1) is 20.7. The molecule has 5 rings (SSSR count). The maximum absolute atomic E-state index is 13.8. The summed E-state index contributed by atoms with van der Waals surface area (Å²) in [5.74, 6) is -0.529. The van der Waals surface area contributed by atoms with Crippen molar-refractivity contribution in [2.75, 3.05) is 0 Å². The molecule has 0 aliphatic heterocycles. The molecule has 3 heteroatoms. The largest absolute Gasteiger partial charge is 0.507 e. The summed E-state index contributed by atoms with van der Waals surface area (Å²) in [7, 11) is 0.